The van der Waals surface area contributed by atoms with Gasteiger partial charge in [0.2, 0.25) is 0 Å². The van der Waals surface area contributed by atoms with Gasteiger partial charge < -0.3 is 20.3 Å². The normalized spacial score (nSPS) is 16.1. The number of guanidine groups is 1. The predicted octanol–water partition coefficient (Wildman–Crippen LogP) is 3.58. The molecule has 1 aliphatic heterocycles. The lowest BCUT2D eigenvalue weighted by atomic mass is 10.1. The molecule has 1 heterocycles. The number of allylic oxidation sites excluding steroid dienone is 1. The molecular formula is C22H35IN4O2. The first-order valence-corrected chi connectivity index (χ1v) is 10.2. The van der Waals surface area contributed by atoms with E-state index in [0.29, 0.717) is 18.7 Å². The molecule has 0 spiro atoms. The lowest BCUT2D eigenvalue weighted by Gasteiger charge is -2.21. The Kier molecular flexibility index (Phi) is 12.6. The van der Waals surface area contributed by atoms with Gasteiger partial charge in [0.25, 0.3) is 5.91 Å². The van der Waals surface area contributed by atoms with Crippen molar-refractivity contribution in [1.29, 1.82) is 0 Å². The Morgan fingerprint density at radius 1 is 1.41 bits per heavy atom. The summed E-state index contributed by atoms with van der Waals surface area (Å²) in [6.07, 6.45) is 6.22. The Bertz CT molecular complexity index is 660. The van der Waals surface area contributed by atoms with Crippen LogP contribution < -0.4 is 10.6 Å². The molecule has 1 aliphatic rings. The van der Waals surface area contributed by atoms with Crippen molar-refractivity contribution in [3.05, 3.63) is 48.0 Å². The molecule has 0 aliphatic carbocycles. The minimum atomic E-state index is -0.0604. The number of nitrogens with one attached hydrogen (secondary N) is 2. The summed E-state index contributed by atoms with van der Waals surface area (Å²) in [4.78, 5) is 19.3. The Balaban J connectivity index is 0.00000420. The van der Waals surface area contributed by atoms with Crippen molar-refractivity contribution in [2.24, 2.45) is 4.99 Å². The van der Waals surface area contributed by atoms with Crippen LogP contribution in [-0.2, 0) is 11.3 Å². The molecule has 0 radical (unpaired) electrons. The van der Waals surface area contributed by atoms with E-state index in [1.807, 2.05) is 37.4 Å². The molecule has 0 saturated carbocycles. The van der Waals surface area contributed by atoms with Crippen molar-refractivity contribution in [2.45, 2.75) is 45.3 Å². The van der Waals surface area contributed by atoms with Crippen LogP contribution in [0.1, 0.15) is 48.5 Å². The Labute approximate surface area is 192 Å². The topological polar surface area (TPSA) is 66.0 Å². The highest BCUT2D eigenvalue weighted by molar-refractivity contribution is 14.0. The number of rotatable bonds is 10. The maximum atomic E-state index is 12.4. The first-order chi connectivity index (χ1) is 13.6. The summed E-state index contributed by atoms with van der Waals surface area (Å²) >= 11 is 0. The quantitative estimate of drug-likeness (QED) is 0.165. The molecule has 1 aromatic rings. The second kappa shape index (κ2) is 14.4. The third-order valence-corrected chi connectivity index (χ3v) is 4.71. The lowest BCUT2D eigenvalue weighted by Crippen LogP contribution is -2.39. The average Bonchev–Trinajstić information content (AvgIpc) is 3.23. The predicted molar refractivity (Wildman–Crippen MR) is 130 cm³/mol. The van der Waals surface area contributed by atoms with Crippen LogP contribution in [0.25, 0.3) is 0 Å². The molecule has 2 rings (SSSR count). The second-order valence-corrected chi connectivity index (χ2v) is 7.07. The molecular weight excluding hydrogens is 479 g/mol. The summed E-state index contributed by atoms with van der Waals surface area (Å²) in [6, 6.07) is 7.66. The van der Waals surface area contributed by atoms with Crippen LogP contribution in [0.4, 0.5) is 0 Å². The van der Waals surface area contributed by atoms with Crippen LogP contribution in [0.5, 0.6) is 0 Å². The van der Waals surface area contributed by atoms with E-state index in [-0.39, 0.29) is 36.0 Å². The second-order valence-electron chi connectivity index (χ2n) is 7.07. The van der Waals surface area contributed by atoms with Crippen LogP contribution in [0.2, 0.25) is 0 Å². The number of unbranched alkanes of at least 4 members (excludes halogenated alkanes) is 1. The molecule has 1 saturated heterocycles. The Hall–Kier alpha value is -1.61. The van der Waals surface area contributed by atoms with E-state index >= 15 is 0 Å². The Morgan fingerprint density at radius 2 is 2.24 bits per heavy atom. The van der Waals surface area contributed by atoms with Gasteiger partial charge in [-0.05, 0) is 50.3 Å². The van der Waals surface area contributed by atoms with Gasteiger partial charge in [0.15, 0.2) is 5.96 Å². The van der Waals surface area contributed by atoms with E-state index in [1.165, 1.54) is 0 Å². The van der Waals surface area contributed by atoms with Crippen LogP contribution in [0, 0.1) is 0 Å². The molecule has 1 amide bonds. The number of ether oxygens (including phenoxy) is 1. The maximum absolute atomic E-state index is 12.4. The van der Waals surface area contributed by atoms with Gasteiger partial charge in [-0.15, -0.1) is 30.6 Å². The number of hydrogen-bond donors (Lipinski definition) is 2. The summed E-state index contributed by atoms with van der Waals surface area (Å²) in [6.45, 7) is 9.46. The minimum Gasteiger partial charge on any atom is -0.376 e. The van der Waals surface area contributed by atoms with Crippen LogP contribution in [0.3, 0.4) is 0 Å². The lowest BCUT2D eigenvalue weighted by molar-refractivity contribution is 0.0857. The van der Waals surface area contributed by atoms with Gasteiger partial charge >= 0.3 is 0 Å². The average molecular weight is 514 g/mol. The van der Waals surface area contributed by atoms with Crippen molar-refractivity contribution < 1.29 is 9.53 Å². The molecule has 162 valence electrons. The molecule has 7 heteroatoms. The molecule has 1 aromatic carbocycles. The molecule has 0 bridgehead atoms. The number of carbonyl (C=O) groups is 1. The van der Waals surface area contributed by atoms with Crippen molar-refractivity contribution in [2.75, 3.05) is 33.3 Å². The van der Waals surface area contributed by atoms with Gasteiger partial charge in [-0.25, -0.2) is 4.99 Å². The smallest absolute Gasteiger partial charge is 0.251 e. The third kappa shape index (κ3) is 9.16. The molecule has 1 atom stereocenters. The van der Waals surface area contributed by atoms with E-state index in [1.54, 1.807) is 0 Å². The Morgan fingerprint density at radius 3 is 2.93 bits per heavy atom. The number of aliphatic imine (C=N–C) groups is 1. The van der Waals surface area contributed by atoms with E-state index in [0.717, 1.165) is 56.9 Å². The monoisotopic (exact) mass is 514 g/mol. The SMILES string of the molecule is C=CCCCN(C)C(=NCc1cccc(C(=O)NCC2CCCO2)c1)NCC.I. The van der Waals surface area contributed by atoms with Crippen LogP contribution in [-0.4, -0.2) is 56.2 Å². The van der Waals surface area contributed by atoms with E-state index in [2.05, 4.69) is 29.0 Å². The number of hydrogen-bond acceptors (Lipinski definition) is 3. The summed E-state index contributed by atoms with van der Waals surface area (Å²) in [7, 11) is 2.04. The fourth-order valence-corrected chi connectivity index (χ4v) is 3.14. The molecule has 2 N–H and O–H groups in total. The highest BCUT2D eigenvalue weighted by Crippen LogP contribution is 2.11. The summed E-state index contributed by atoms with van der Waals surface area (Å²) in [5.74, 6) is 0.814. The minimum absolute atomic E-state index is 0. The number of benzene rings is 1. The van der Waals surface area contributed by atoms with E-state index < -0.39 is 0 Å². The maximum Gasteiger partial charge on any atom is 0.251 e. The van der Waals surface area contributed by atoms with Gasteiger partial charge in [0.05, 0.1) is 12.6 Å². The third-order valence-electron chi connectivity index (χ3n) is 4.71. The zero-order valence-corrected chi connectivity index (χ0v) is 20.0. The van der Waals surface area contributed by atoms with Crippen LogP contribution in [0.15, 0.2) is 41.9 Å². The molecule has 29 heavy (non-hydrogen) atoms. The van der Waals surface area contributed by atoms with Gasteiger partial charge in [0.1, 0.15) is 0 Å². The number of carbonyl (C=O) groups excluding carboxylic acids is 1. The molecule has 0 aromatic heterocycles. The summed E-state index contributed by atoms with van der Waals surface area (Å²) in [5.41, 5.74) is 1.68. The summed E-state index contributed by atoms with van der Waals surface area (Å²) in [5, 5.41) is 6.30. The zero-order valence-electron chi connectivity index (χ0n) is 17.7. The molecule has 1 unspecified atom stereocenters. The van der Waals surface area contributed by atoms with Crippen molar-refractivity contribution in [3.8, 4) is 0 Å². The summed E-state index contributed by atoms with van der Waals surface area (Å²) < 4.78 is 5.56. The largest absolute Gasteiger partial charge is 0.376 e. The molecule has 1 fully saturated rings. The van der Waals surface area contributed by atoms with Gasteiger partial charge in [-0.3, -0.25) is 4.79 Å². The first kappa shape index (κ1) is 25.4. The van der Waals surface area contributed by atoms with E-state index in [4.69, 9.17) is 9.73 Å². The fraction of sp³-hybridized carbons (Fsp3) is 0.545. The van der Waals surface area contributed by atoms with Crippen molar-refractivity contribution >= 4 is 35.8 Å². The first-order valence-electron chi connectivity index (χ1n) is 10.2. The zero-order chi connectivity index (χ0) is 20.2. The number of halogens is 1. The van der Waals surface area contributed by atoms with Crippen LogP contribution >= 0.6 is 24.0 Å². The van der Waals surface area contributed by atoms with Crippen molar-refractivity contribution in [3.63, 3.8) is 0 Å². The van der Waals surface area contributed by atoms with Gasteiger partial charge in [0, 0.05) is 38.9 Å². The highest BCUT2D eigenvalue weighted by Gasteiger charge is 2.16. The van der Waals surface area contributed by atoms with Gasteiger partial charge in [-0.1, -0.05) is 18.2 Å². The molecule has 6 nitrogen and oxygen atoms in total. The van der Waals surface area contributed by atoms with Crippen molar-refractivity contribution in [1.82, 2.24) is 15.5 Å². The van der Waals surface area contributed by atoms with E-state index in [9.17, 15) is 4.79 Å². The number of nitrogens with zero attached hydrogens (tertiary/aromatic N) is 2. The fourth-order valence-electron chi connectivity index (χ4n) is 3.14. The van der Waals surface area contributed by atoms with Gasteiger partial charge in [-0.2, -0.15) is 0 Å². The standard InChI is InChI=1S/C22H34N4O2.HI/c1-4-6-7-13-26(3)22(23-5-2)25-16-18-10-8-11-19(15-18)21(27)24-17-20-12-9-14-28-20;/h4,8,10-11,15,20H,1,5-7,9,12-14,16-17H2,2-3H3,(H,23,25)(H,24,27);1H. The highest BCUT2D eigenvalue weighted by atomic mass is 127. The number of amides is 1.